The van der Waals surface area contributed by atoms with Crippen LogP contribution in [0.1, 0.15) is 18.1 Å². The van der Waals surface area contributed by atoms with E-state index in [0.29, 0.717) is 11.3 Å². The number of nitrogens with zero attached hydrogens (tertiary/aromatic N) is 2. The lowest BCUT2D eigenvalue weighted by Gasteiger charge is -2.05. The van der Waals surface area contributed by atoms with Crippen molar-refractivity contribution in [2.75, 3.05) is 6.61 Å². The van der Waals surface area contributed by atoms with Gasteiger partial charge in [0.15, 0.2) is 6.61 Å². The van der Waals surface area contributed by atoms with Gasteiger partial charge in [0, 0.05) is 12.1 Å². The molecule has 0 saturated heterocycles. The molecule has 24 heavy (non-hydrogen) atoms. The number of rotatable bonds is 7. The molecule has 2 rings (SSSR count). The van der Waals surface area contributed by atoms with E-state index in [4.69, 9.17) is 4.74 Å². The summed E-state index contributed by atoms with van der Waals surface area (Å²) in [7, 11) is 0. The third-order valence-corrected chi connectivity index (χ3v) is 3.21. The Morgan fingerprint density at radius 2 is 1.88 bits per heavy atom. The summed E-state index contributed by atoms with van der Waals surface area (Å²) in [5.41, 5.74) is 4.16. The average molecular weight is 327 g/mol. The molecule has 0 bridgehead atoms. The highest BCUT2D eigenvalue weighted by atomic mass is 16.6. The van der Waals surface area contributed by atoms with Gasteiger partial charge < -0.3 is 4.74 Å². The molecule has 0 spiro atoms. The average Bonchev–Trinajstić information content (AvgIpc) is 2.61. The van der Waals surface area contributed by atoms with E-state index in [1.165, 1.54) is 23.9 Å². The summed E-state index contributed by atoms with van der Waals surface area (Å²) in [5.74, 6) is 0.217. The molecule has 0 unspecified atom stereocenters. The van der Waals surface area contributed by atoms with Crippen molar-refractivity contribution < 1.29 is 14.5 Å². The summed E-state index contributed by atoms with van der Waals surface area (Å²) in [6.45, 7) is 1.91. The van der Waals surface area contributed by atoms with Gasteiger partial charge in [-0.1, -0.05) is 19.1 Å². The second-order valence-electron chi connectivity index (χ2n) is 4.93. The molecular formula is C17H17N3O4. The summed E-state index contributed by atoms with van der Waals surface area (Å²) in [6.07, 6.45) is 2.34. The van der Waals surface area contributed by atoms with E-state index in [9.17, 15) is 14.9 Å². The molecule has 0 atom stereocenters. The van der Waals surface area contributed by atoms with Crippen LogP contribution in [0.3, 0.4) is 0 Å². The zero-order chi connectivity index (χ0) is 17.4. The van der Waals surface area contributed by atoms with Gasteiger partial charge in [0.05, 0.1) is 11.1 Å². The summed E-state index contributed by atoms with van der Waals surface area (Å²) in [5, 5.41) is 14.3. The second kappa shape index (κ2) is 8.42. The van der Waals surface area contributed by atoms with Gasteiger partial charge in [-0.3, -0.25) is 14.9 Å². The topological polar surface area (TPSA) is 93.8 Å². The van der Waals surface area contributed by atoms with Crippen molar-refractivity contribution in [2.45, 2.75) is 13.3 Å². The molecule has 0 heterocycles. The Bertz CT molecular complexity index is 725. The molecule has 0 fully saturated rings. The van der Waals surface area contributed by atoms with Crippen LogP contribution >= 0.6 is 0 Å². The summed E-state index contributed by atoms with van der Waals surface area (Å²) < 4.78 is 5.35. The van der Waals surface area contributed by atoms with Crippen molar-refractivity contribution in [1.82, 2.24) is 5.43 Å². The maximum absolute atomic E-state index is 11.6. The van der Waals surface area contributed by atoms with Gasteiger partial charge in [0.2, 0.25) is 0 Å². The standard InChI is InChI=1S/C17H17N3O4/c1-2-13-5-9-16(10-6-13)24-12-17(21)19-18-11-14-3-7-15(8-4-14)20(22)23/h3-11H,2,12H2,1H3,(H,19,21). The molecule has 2 aromatic carbocycles. The first-order valence-electron chi connectivity index (χ1n) is 7.36. The minimum absolute atomic E-state index is 0.00122. The van der Waals surface area contributed by atoms with Crippen molar-refractivity contribution in [3.8, 4) is 5.75 Å². The lowest BCUT2D eigenvalue weighted by Crippen LogP contribution is -2.24. The van der Waals surface area contributed by atoms with Gasteiger partial charge in [0.1, 0.15) is 5.75 Å². The van der Waals surface area contributed by atoms with Crippen molar-refractivity contribution in [3.63, 3.8) is 0 Å². The first-order valence-corrected chi connectivity index (χ1v) is 7.36. The zero-order valence-corrected chi connectivity index (χ0v) is 13.1. The maximum Gasteiger partial charge on any atom is 0.277 e. The Morgan fingerprint density at radius 3 is 2.46 bits per heavy atom. The fourth-order valence-electron chi connectivity index (χ4n) is 1.86. The number of hydrazone groups is 1. The lowest BCUT2D eigenvalue weighted by molar-refractivity contribution is -0.384. The Labute approximate surface area is 139 Å². The van der Waals surface area contributed by atoms with Gasteiger partial charge in [-0.25, -0.2) is 5.43 Å². The van der Waals surface area contributed by atoms with E-state index < -0.39 is 10.8 Å². The van der Waals surface area contributed by atoms with E-state index in [0.717, 1.165) is 6.42 Å². The van der Waals surface area contributed by atoms with Gasteiger partial charge in [-0.15, -0.1) is 0 Å². The smallest absolute Gasteiger partial charge is 0.277 e. The van der Waals surface area contributed by atoms with Crippen LogP contribution in [-0.2, 0) is 11.2 Å². The first-order chi connectivity index (χ1) is 11.6. The number of amides is 1. The lowest BCUT2D eigenvalue weighted by atomic mass is 10.2. The number of nitro benzene ring substituents is 1. The molecule has 0 aliphatic heterocycles. The number of ether oxygens (including phenoxy) is 1. The van der Waals surface area contributed by atoms with E-state index in [1.807, 2.05) is 24.3 Å². The molecule has 1 N–H and O–H groups in total. The molecule has 7 heteroatoms. The molecule has 0 aliphatic rings. The van der Waals surface area contributed by atoms with Crippen LogP contribution < -0.4 is 10.2 Å². The molecule has 7 nitrogen and oxygen atoms in total. The van der Waals surface area contributed by atoms with Crippen LogP contribution in [0.15, 0.2) is 53.6 Å². The predicted octanol–water partition coefficient (Wildman–Crippen LogP) is 2.69. The number of nitrogens with one attached hydrogen (secondary N) is 1. The number of carbonyl (C=O) groups excluding carboxylic acids is 1. The highest BCUT2D eigenvalue weighted by Crippen LogP contribution is 2.12. The molecule has 0 aromatic heterocycles. The van der Waals surface area contributed by atoms with E-state index in [2.05, 4.69) is 17.5 Å². The number of hydrogen-bond acceptors (Lipinski definition) is 5. The molecular weight excluding hydrogens is 310 g/mol. The Balaban J connectivity index is 1.78. The number of carbonyl (C=O) groups is 1. The normalized spacial score (nSPS) is 10.5. The monoisotopic (exact) mass is 327 g/mol. The summed E-state index contributed by atoms with van der Waals surface area (Å²) >= 11 is 0. The highest BCUT2D eigenvalue weighted by Gasteiger charge is 2.03. The van der Waals surface area contributed by atoms with Gasteiger partial charge in [-0.2, -0.15) is 5.10 Å². The Kier molecular flexibility index (Phi) is 6.01. The van der Waals surface area contributed by atoms with Crippen LogP contribution in [0.5, 0.6) is 5.75 Å². The van der Waals surface area contributed by atoms with Gasteiger partial charge in [0.25, 0.3) is 11.6 Å². The van der Waals surface area contributed by atoms with Gasteiger partial charge in [-0.05, 0) is 41.8 Å². The quantitative estimate of drug-likeness (QED) is 0.480. The van der Waals surface area contributed by atoms with Crippen LogP contribution in [0.25, 0.3) is 0 Å². The SMILES string of the molecule is CCc1ccc(OCC(=O)NN=Cc2ccc([N+](=O)[O-])cc2)cc1. The van der Waals surface area contributed by atoms with Crippen molar-refractivity contribution in [1.29, 1.82) is 0 Å². The van der Waals surface area contributed by atoms with E-state index in [1.54, 1.807) is 12.1 Å². The van der Waals surface area contributed by atoms with E-state index >= 15 is 0 Å². The first kappa shape index (κ1) is 17.1. The molecule has 0 aliphatic carbocycles. The predicted molar refractivity (Wildman–Crippen MR) is 90.1 cm³/mol. The summed E-state index contributed by atoms with van der Waals surface area (Å²) in [6, 6.07) is 13.3. The number of aryl methyl sites for hydroxylation is 1. The van der Waals surface area contributed by atoms with Crippen molar-refractivity contribution in [3.05, 3.63) is 69.8 Å². The minimum atomic E-state index is -0.479. The molecule has 0 radical (unpaired) electrons. The van der Waals surface area contributed by atoms with Crippen molar-refractivity contribution >= 4 is 17.8 Å². The summed E-state index contributed by atoms with van der Waals surface area (Å²) in [4.78, 5) is 21.7. The fourth-order valence-corrected chi connectivity index (χ4v) is 1.86. The van der Waals surface area contributed by atoms with Crippen LogP contribution in [0, 0.1) is 10.1 Å². The van der Waals surface area contributed by atoms with Crippen LogP contribution in [0.4, 0.5) is 5.69 Å². The zero-order valence-electron chi connectivity index (χ0n) is 13.1. The molecule has 124 valence electrons. The third kappa shape index (κ3) is 5.20. The van der Waals surface area contributed by atoms with E-state index in [-0.39, 0.29) is 12.3 Å². The van der Waals surface area contributed by atoms with Crippen molar-refractivity contribution in [2.24, 2.45) is 5.10 Å². The largest absolute Gasteiger partial charge is 0.484 e. The second-order valence-corrected chi connectivity index (χ2v) is 4.93. The number of nitro groups is 1. The van der Waals surface area contributed by atoms with Crippen LogP contribution in [0.2, 0.25) is 0 Å². The number of hydrogen-bond donors (Lipinski definition) is 1. The molecule has 1 amide bonds. The third-order valence-electron chi connectivity index (χ3n) is 3.21. The number of non-ortho nitro benzene ring substituents is 1. The Morgan fingerprint density at radius 1 is 1.21 bits per heavy atom. The minimum Gasteiger partial charge on any atom is -0.484 e. The van der Waals surface area contributed by atoms with Crippen LogP contribution in [-0.4, -0.2) is 23.7 Å². The van der Waals surface area contributed by atoms with Gasteiger partial charge >= 0.3 is 0 Å². The fraction of sp³-hybridized carbons (Fsp3) is 0.176. The maximum atomic E-state index is 11.6. The number of benzene rings is 2. The molecule has 0 saturated carbocycles. The molecule has 2 aromatic rings. The highest BCUT2D eigenvalue weighted by molar-refractivity contribution is 5.83. The Hall–Kier alpha value is -3.22.